The molecular formula is C16H17N3O5. The molecule has 24 heavy (non-hydrogen) atoms. The van der Waals surface area contributed by atoms with Crippen LogP contribution in [0, 0.1) is 0 Å². The lowest BCUT2D eigenvalue weighted by atomic mass is 10.2. The summed E-state index contributed by atoms with van der Waals surface area (Å²) in [5, 5.41) is 6.15. The van der Waals surface area contributed by atoms with Gasteiger partial charge in [0, 0.05) is 11.6 Å². The Kier molecular flexibility index (Phi) is 5.95. The molecule has 1 heterocycles. The van der Waals surface area contributed by atoms with Gasteiger partial charge in [0.1, 0.15) is 17.3 Å². The lowest BCUT2D eigenvalue weighted by Gasteiger charge is -2.07. The maximum atomic E-state index is 11.6. The van der Waals surface area contributed by atoms with Crippen molar-refractivity contribution in [2.45, 2.75) is 6.54 Å². The van der Waals surface area contributed by atoms with Gasteiger partial charge in [0.15, 0.2) is 0 Å². The molecule has 0 aliphatic carbocycles. The highest BCUT2D eigenvalue weighted by atomic mass is 16.5. The summed E-state index contributed by atoms with van der Waals surface area (Å²) in [7, 11) is 3.05. The Hall–Kier alpha value is -3.29. The predicted octanol–water partition coefficient (Wildman–Crippen LogP) is 1.06. The number of hydrogen-bond acceptors (Lipinski definition) is 6. The van der Waals surface area contributed by atoms with E-state index >= 15 is 0 Å². The summed E-state index contributed by atoms with van der Waals surface area (Å²) in [6.07, 6.45) is 2.85. The summed E-state index contributed by atoms with van der Waals surface area (Å²) in [4.78, 5) is 23.2. The van der Waals surface area contributed by atoms with Crippen LogP contribution >= 0.6 is 0 Å². The second-order valence-corrected chi connectivity index (χ2v) is 4.57. The van der Waals surface area contributed by atoms with E-state index in [1.54, 1.807) is 37.4 Å². The maximum Gasteiger partial charge on any atom is 0.329 e. The Bertz CT molecular complexity index is 725. The molecule has 0 saturated heterocycles. The third-order valence-electron chi connectivity index (χ3n) is 3.02. The Balaban J connectivity index is 1.88. The minimum atomic E-state index is -0.884. The molecule has 8 heteroatoms. The Morgan fingerprint density at radius 1 is 1.21 bits per heavy atom. The molecule has 2 aromatic rings. The predicted molar refractivity (Wildman–Crippen MR) is 85.8 cm³/mol. The van der Waals surface area contributed by atoms with Gasteiger partial charge in [-0.1, -0.05) is 0 Å². The first-order chi connectivity index (χ1) is 11.6. The molecule has 0 radical (unpaired) electrons. The van der Waals surface area contributed by atoms with Crippen LogP contribution in [0.2, 0.25) is 0 Å². The van der Waals surface area contributed by atoms with Gasteiger partial charge < -0.3 is 19.2 Å². The Morgan fingerprint density at radius 2 is 2.04 bits per heavy atom. The normalized spacial score (nSPS) is 10.4. The molecule has 126 valence electrons. The largest absolute Gasteiger partial charge is 0.497 e. The van der Waals surface area contributed by atoms with Crippen LogP contribution in [-0.2, 0) is 16.1 Å². The van der Waals surface area contributed by atoms with E-state index in [4.69, 9.17) is 13.9 Å². The minimum absolute atomic E-state index is 0.120. The molecule has 0 bridgehead atoms. The van der Waals surface area contributed by atoms with Gasteiger partial charge in [0.2, 0.25) is 0 Å². The number of carbonyl (C=O) groups excluding carboxylic acids is 2. The summed E-state index contributed by atoms with van der Waals surface area (Å²) >= 11 is 0. The highest BCUT2D eigenvalue weighted by Gasteiger charge is 2.12. The SMILES string of the molecule is COc1ccc(/C=N/NC(=O)C(=O)NCc2ccco2)c(OC)c1. The molecule has 0 aliphatic rings. The van der Waals surface area contributed by atoms with Gasteiger partial charge in [-0.3, -0.25) is 9.59 Å². The van der Waals surface area contributed by atoms with Crippen molar-refractivity contribution in [2.24, 2.45) is 5.10 Å². The molecule has 0 unspecified atom stereocenters. The first kappa shape index (κ1) is 17.1. The standard InChI is InChI=1S/C16H17N3O5/c1-22-12-6-5-11(14(8-12)23-2)9-18-19-16(21)15(20)17-10-13-4-3-7-24-13/h3-9H,10H2,1-2H3,(H,17,20)(H,19,21)/b18-9+. The average Bonchev–Trinajstić information content (AvgIpc) is 3.13. The van der Waals surface area contributed by atoms with Crippen molar-refractivity contribution < 1.29 is 23.5 Å². The summed E-state index contributed by atoms with van der Waals surface area (Å²) in [6.45, 7) is 0.120. The molecule has 0 atom stereocenters. The zero-order valence-electron chi connectivity index (χ0n) is 13.2. The van der Waals surface area contributed by atoms with Crippen molar-refractivity contribution in [3.05, 3.63) is 47.9 Å². The smallest absolute Gasteiger partial charge is 0.329 e. The van der Waals surface area contributed by atoms with Crippen LogP contribution < -0.4 is 20.2 Å². The number of nitrogens with one attached hydrogen (secondary N) is 2. The minimum Gasteiger partial charge on any atom is -0.497 e. The molecule has 2 N–H and O–H groups in total. The van der Waals surface area contributed by atoms with Crippen LogP contribution in [-0.4, -0.2) is 32.2 Å². The second kappa shape index (κ2) is 8.37. The van der Waals surface area contributed by atoms with Crippen molar-refractivity contribution in [2.75, 3.05) is 14.2 Å². The number of nitrogens with zero attached hydrogens (tertiary/aromatic N) is 1. The van der Waals surface area contributed by atoms with Gasteiger partial charge in [-0.2, -0.15) is 5.10 Å². The second-order valence-electron chi connectivity index (χ2n) is 4.57. The van der Waals surface area contributed by atoms with Crippen molar-refractivity contribution in [1.82, 2.24) is 10.7 Å². The number of ether oxygens (including phenoxy) is 2. The molecular weight excluding hydrogens is 314 g/mol. The number of rotatable bonds is 6. The van der Waals surface area contributed by atoms with Crippen LogP contribution in [0.25, 0.3) is 0 Å². The highest BCUT2D eigenvalue weighted by molar-refractivity contribution is 6.35. The Morgan fingerprint density at radius 3 is 2.71 bits per heavy atom. The van der Waals surface area contributed by atoms with E-state index in [2.05, 4.69) is 15.8 Å². The molecule has 8 nitrogen and oxygen atoms in total. The van der Waals surface area contributed by atoms with Crippen LogP contribution in [0.4, 0.5) is 0 Å². The van der Waals surface area contributed by atoms with Gasteiger partial charge in [-0.15, -0.1) is 0 Å². The van der Waals surface area contributed by atoms with Crippen LogP contribution in [0.1, 0.15) is 11.3 Å². The summed E-state index contributed by atoms with van der Waals surface area (Å²) in [5.41, 5.74) is 2.76. The van der Waals surface area contributed by atoms with E-state index in [-0.39, 0.29) is 6.54 Å². The first-order valence-corrected chi connectivity index (χ1v) is 6.99. The van der Waals surface area contributed by atoms with Gasteiger partial charge in [-0.05, 0) is 24.3 Å². The van der Waals surface area contributed by atoms with Gasteiger partial charge in [0.25, 0.3) is 0 Å². The molecule has 2 amide bonds. The number of methoxy groups -OCH3 is 2. The fraction of sp³-hybridized carbons (Fsp3) is 0.188. The van der Waals surface area contributed by atoms with Gasteiger partial charge in [0.05, 0.1) is 33.2 Å². The van der Waals surface area contributed by atoms with Crippen molar-refractivity contribution in [1.29, 1.82) is 0 Å². The monoisotopic (exact) mass is 331 g/mol. The Labute approximate surface area is 138 Å². The number of hydrogen-bond donors (Lipinski definition) is 2. The van der Waals surface area contributed by atoms with Gasteiger partial charge >= 0.3 is 11.8 Å². The third kappa shape index (κ3) is 4.60. The molecule has 0 fully saturated rings. The lowest BCUT2D eigenvalue weighted by Crippen LogP contribution is -2.37. The van der Waals surface area contributed by atoms with Crippen molar-refractivity contribution in [3.8, 4) is 11.5 Å². The van der Waals surface area contributed by atoms with Crippen LogP contribution in [0.15, 0.2) is 46.1 Å². The van der Waals surface area contributed by atoms with Crippen LogP contribution in [0.5, 0.6) is 11.5 Å². The molecule has 2 rings (SSSR count). The van der Waals surface area contributed by atoms with E-state index in [0.717, 1.165) is 0 Å². The quantitative estimate of drug-likeness (QED) is 0.468. The van der Waals surface area contributed by atoms with E-state index in [0.29, 0.717) is 22.8 Å². The number of carbonyl (C=O) groups is 2. The van der Waals surface area contributed by atoms with E-state index < -0.39 is 11.8 Å². The van der Waals surface area contributed by atoms with Crippen molar-refractivity contribution >= 4 is 18.0 Å². The van der Waals surface area contributed by atoms with Crippen LogP contribution in [0.3, 0.4) is 0 Å². The fourth-order valence-corrected chi connectivity index (χ4v) is 1.80. The fourth-order valence-electron chi connectivity index (χ4n) is 1.80. The molecule has 0 spiro atoms. The highest BCUT2D eigenvalue weighted by Crippen LogP contribution is 2.22. The molecule has 0 aliphatic heterocycles. The summed E-state index contributed by atoms with van der Waals surface area (Å²) < 4.78 is 15.3. The molecule has 1 aromatic heterocycles. The van der Waals surface area contributed by atoms with E-state index in [1.165, 1.54) is 19.6 Å². The number of amides is 2. The number of hydrazone groups is 1. The maximum absolute atomic E-state index is 11.6. The number of benzene rings is 1. The van der Waals surface area contributed by atoms with E-state index in [9.17, 15) is 9.59 Å². The number of furan rings is 1. The van der Waals surface area contributed by atoms with Crippen molar-refractivity contribution in [3.63, 3.8) is 0 Å². The first-order valence-electron chi connectivity index (χ1n) is 6.99. The molecule has 0 saturated carbocycles. The average molecular weight is 331 g/mol. The topological polar surface area (TPSA) is 102 Å². The van der Waals surface area contributed by atoms with E-state index in [1.807, 2.05) is 0 Å². The molecule has 1 aromatic carbocycles. The third-order valence-corrected chi connectivity index (χ3v) is 3.02. The zero-order chi connectivity index (χ0) is 17.4. The lowest BCUT2D eigenvalue weighted by molar-refractivity contribution is -0.139. The zero-order valence-corrected chi connectivity index (χ0v) is 13.2. The summed E-state index contributed by atoms with van der Waals surface area (Å²) in [6, 6.07) is 8.49. The van der Waals surface area contributed by atoms with Gasteiger partial charge in [-0.25, -0.2) is 5.43 Å². The summed E-state index contributed by atoms with van der Waals surface area (Å²) in [5.74, 6) is -0.00175.